The van der Waals surface area contributed by atoms with Gasteiger partial charge in [-0.2, -0.15) is 5.10 Å². The maximum Gasteiger partial charge on any atom is 0.271 e. The van der Waals surface area contributed by atoms with Gasteiger partial charge in [0.1, 0.15) is 5.75 Å². The first-order valence-corrected chi connectivity index (χ1v) is 8.05. The third kappa shape index (κ3) is 3.96. The van der Waals surface area contributed by atoms with E-state index in [0.29, 0.717) is 15.6 Å². The number of phenolic OH excluding ortho intramolecular Hbond substituents is 1. The van der Waals surface area contributed by atoms with Crippen LogP contribution in [0, 0.1) is 13.8 Å². The van der Waals surface area contributed by atoms with Crippen LogP contribution in [0.1, 0.15) is 27.0 Å². The van der Waals surface area contributed by atoms with Crippen molar-refractivity contribution in [3.05, 3.63) is 61.5 Å². The number of nitrogens with zero attached hydrogens (tertiary/aromatic N) is 1. The Morgan fingerprint density at radius 2 is 1.95 bits per heavy atom. The Morgan fingerprint density at radius 3 is 2.64 bits per heavy atom. The normalized spacial score (nSPS) is 10.9. The molecule has 1 amide bonds. The lowest BCUT2D eigenvalue weighted by Crippen LogP contribution is -2.18. The molecule has 0 saturated carbocycles. The predicted molar refractivity (Wildman–Crippen MR) is 94.5 cm³/mol. The summed E-state index contributed by atoms with van der Waals surface area (Å²) in [7, 11) is 0. The molecular weight excluding hydrogens is 412 g/mol. The van der Waals surface area contributed by atoms with E-state index in [2.05, 4.69) is 42.4 Å². The Bertz CT molecular complexity index is 758. The van der Waals surface area contributed by atoms with Gasteiger partial charge in [-0.05, 0) is 53.5 Å². The van der Waals surface area contributed by atoms with Crippen LogP contribution in [0.5, 0.6) is 5.75 Å². The Morgan fingerprint density at radius 1 is 1.23 bits per heavy atom. The minimum atomic E-state index is -0.290. The molecule has 2 N–H and O–H groups in total. The number of benzene rings is 2. The monoisotopic (exact) mass is 424 g/mol. The molecule has 0 fully saturated rings. The van der Waals surface area contributed by atoms with E-state index >= 15 is 0 Å². The molecule has 6 heteroatoms. The van der Waals surface area contributed by atoms with Crippen LogP contribution in [0.25, 0.3) is 0 Å². The Kier molecular flexibility index (Phi) is 5.37. The number of nitrogens with one attached hydrogen (secondary N) is 1. The van der Waals surface area contributed by atoms with Gasteiger partial charge in [0, 0.05) is 15.6 Å². The molecule has 0 spiro atoms. The number of hydrazone groups is 1. The first-order chi connectivity index (χ1) is 10.4. The molecule has 2 aromatic carbocycles. The van der Waals surface area contributed by atoms with Crippen LogP contribution in [0.4, 0.5) is 0 Å². The number of carbonyl (C=O) groups is 1. The lowest BCUT2D eigenvalue weighted by Gasteiger charge is -2.05. The van der Waals surface area contributed by atoms with Gasteiger partial charge in [-0.1, -0.05) is 33.6 Å². The highest BCUT2D eigenvalue weighted by Crippen LogP contribution is 2.30. The summed E-state index contributed by atoms with van der Waals surface area (Å²) < 4.78 is 1.34. The third-order valence-corrected chi connectivity index (χ3v) is 4.12. The fourth-order valence-corrected chi connectivity index (χ4v) is 3.23. The molecule has 114 valence electrons. The second-order valence-corrected chi connectivity index (χ2v) is 6.61. The van der Waals surface area contributed by atoms with E-state index in [0.717, 1.165) is 15.6 Å². The zero-order valence-corrected chi connectivity index (χ0v) is 15.2. The lowest BCUT2D eigenvalue weighted by molar-refractivity contribution is 0.0954. The SMILES string of the molecule is Cc1ccc(C(=O)N/N=C/c2cc(Br)cc(Br)c2O)c(C)c1. The van der Waals surface area contributed by atoms with E-state index in [4.69, 9.17) is 0 Å². The average molecular weight is 426 g/mol. The first-order valence-electron chi connectivity index (χ1n) is 6.47. The molecule has 2 aromatic rings. The van der Waals surface area contributed by atoms with Crippen molar-refractivity contribution in [3.63, 3.8) is 0 Å². The van der Waals surface area contributed by atoms with E-state index in [1.807, 2.05) is 26.0 Å². The number of rotatable bonds is 3. The molecular formula is C16H14Br2N2O2. The maximum absolute atomic E-state index is 12.1. The molecule has 0 heterocycles. The summed E-state index contributed by atoms with van der Waals surface area (Å²) in [6.07, 6.45) is 1.40. The van der Waals surface area contributed by atoms with Crippen molar-refractivity contribution < 1.29 is 9.90 Å². The smallest absolute Gasteiger partial charge is 0.271 e. The second-order valence-electron chi connectivity index (χ2n) is 4.84. The van der Waals surface area contributed by atoms with Crippen LogP contribution in [-0.4, -0.2) is 17.2 Å². The number of carbonyl (C=O) groups excluding carboxylic acids is 1. The lowest BCUT2D eigenvalue weighted by atomic mass is 10.1. The van der Waals surface area contributed by atoms with Crippen molar-refractivity contribution in [1.29, 1.82) is 0 Å². The van der Waals surface area contributed by atoms with Gasteiger partial charge in [0.2, 0.25) is 0 Å². The number of amides is 1. The Hall–Kier alpha value is -1.66. The standard InChI is InChI=1S/C16H14Br2N2O2/c1-9-3-4-13(10(2)5-9)16(22)20-19-8-11-6-12(17)7-14(18)15(11)21/h3-8,21H,1-2H3,(H,20,22)/b19-8+. The summed E-state index contributed by atoms with van der Waals surface area (Å²) in [5, 5.41) is 13.8. The fourth-order valence-electron chi connectivity index (χ4n) is 1.97. The van der Waals surface area contributed by atoms with Crippen LogP contribution in [0.15, 0.2) is 44.4 Å². The van der Waals surface area contributed by atoms with E-state index in [1.165, 1.54) is 6.21 Å². The number of hydrogen-bond donors (Lipinski definition) is 2. The molecule has 0 aliphatic rings. The molecule has 4 nitrogen and oxygen atoms in total. The van der Waals surface area contributed by atoms with Crippen molar-refractivity contribution in [2.24, 2.45) is 5.10 Å². The Labute approximate surface area is 145 Å². The number of aromatic hydroxyl groups is 1. The van der Waals surface area contributed by atoms with Crippen LogP contribution in [0.3, 0.4) is 0 Å². The summed E-state index contributed by atoms with van der Waals surface area (Å²) in [6, 6.07) is 9.01. The van der Waals surface area contributed by atoms with Gasteiger partial charge in [-0.3, -0.25) is 4.79 Å². The molecule has 2 rings (SSSR count). The quantitative estimate of drug-likeness (QED) is 0.568. The molecule has 0 saturated heterocycles. The van der Waals surface area contributed by atoms with Gasteiger partial charge < -0.3 is 5.11 Å². The zero-order valence-electron chi connectivity index (χ0n) is 12.0. The van der Waals surface area contributed by atoms with Crippen molar-refractivity contribution in [3.8, 4) is 5.75 Å². The van der Waals surface area contributed by atoms with Crippen LogP contribution >= 0.6 is 31.9 Å². The zero-order chi connectivity index (χ0) is 16.3. The molecule has 0 unspecified atom stereocenters. The highest BCUT2D eigenvalue weighted by atomic mass is 79.9. The summed E-state index contributed by atoms with van der Waals surface area (Å²) in [5.74, 6) is -0.227. The fraction of sp³-hybridized carbons (Fsp3) is 0.125. The molecule has 0 aliphatic heterocycles. The molecule has 0 aromatic heterocycles. The van der Waals surface area contributed by atoms with E-state index in [1.54, 1.807) is 18.2 Å². The molecule has 22 heavy (non-hydrogen) atoms. The topological polar surface area (TPSA) is 61.7 Å². The first kappa shape index (κ1) is 16.7. The van der Waals surface area contributed by atoms with Crippen molar-refractivity contribution in [2.75, 3.05) is 0 Å². The highest BCUT2D eigenvalue weighted by molar-refractivity contribution is 9.11. The minimum Gasteiger partial charge on any atom is -0.506 e. The van der Waals surface area contributed by atoms with E-state index in [9.17, 15) is 9.90 Å². The molecule has 0 radical (unpaired) electrons. The number of aryl methyl sites for hydroxylation is 2. The largest absolute Gasteiger partial charge is 0.506 e. The van der Waals surface area contributed by atoms with Gasteiger partial charge in [0.05, 0.1) is 10.7 Å². The molecule has 0 aliphatic carbocycles. The number of phenols is 1. The number of halogens is 2. The summed E-state index contributed by atoms with van der Waals surface area (Å²) in [4.78, 5) is 12.1. The summed E-state index contributed by atoms with van der Waals surface area (Å²) >= 11 is 6.57. The van der Waals surface area contributed by atoms with Crippen LogP contribution in [0.2, 0.25) is 0 Å². The maximum atomic E-state index is 12.1. The number of hydrogen-bond acceptors (Lipinski definition) is 3. The summed E-state index contributed by atoms with van der Waals surface area (Å²) in [6.45, 7) is 3.85. The Balaban J connectivity index is 2.14. The average Bonchev–Trinajstić information content (AvgIpc) is 2.43. The van der Waals surface area contributed by atoms with Gasteiger partial charge >= 0.3 is 0 Å². The van der Waals surface area contributed by atoms with Gasteiger partial charge in [0.25, 0.3) is 5.91 Å². The van der Waals surface area contributed by atoms with Crippen LogP contribution < -0.4 is 5.43 Å². The third-order valence-electron chi connectivity index (χ3n) is 3.05. The van der Waals surface area contributed by atoms with E-state index < -0.39 is 0 Å². The van der Waals surface area contributed by atoms with Crippen LogP contribution in [-0.2, 0) is 0 Å². The predicted octanol–water partition coefficient (Wildman–Crippen LogP) is 4.30. The van der Waals surface area contributed by atoms with Crippen molar-refractivity contribution in [1.82, 2.24) is 5.43 Å². The van der Waals surface area contributed by atoms with Gasteiger partial charge in [-0.15, -0.1) is 0 Å². The van der Waals surface area contributed by atoms with Gasteiger partial charge in [-0.25, -0.2) is 5.43 Å². The minimum absolute atomic E-state index is 0.0627. The highest BCUT2D eigenvalue weighted by Gasteiger charge is 2.08. The molecule has 0 atom stereocenters. The summed E-state index contributed by atoms with van der Waals surface area (Å²) in [5.41, 5.74) is 5.51. The molecule has 0 bridgehead atoms. The van der Waals surface area contributed by atoms with Crippen molar-refractivity contribution in [2.45, 2.75) is 13.8 Å². The van der Waals surface area contributed by atoms with Gasteiger partial charge in [0.15, 0.2) is 0 Å². The second kappa shape index (κ2) is 7.07. The van der Waals surface area contributed by atoms with Crippen molar-refractivity contribution >= 4 is 44.0 Å². The van der Waals surface area contributed by atoms with E-state index in [-0.39, 0.29) is 11.7 Å².